The lowest BCUT2D eigenvalue weighted by molar-refractivity contribution is -0.125. The smallest absolute Gasteiger partial charge is 0.239 e. The Kier molecular flexibility index (Phi) is 3.32. The number of hydrogen-bond donors (Lipinski definition) is 3. The van der Waals surface area contributed by atoms with Gasteiger partial charge in [-0.15, -0.1) is 0 Å². The van der Waals surface area contributed by atoms with Gasteiger partial charge in [0.1, 0.15) is 0 Å². The summed E-state index contributed by atoms with van der Waals surface area (Å²) in [4.78, 5) is 23.1. The van der Waals surface area contributed by atoms with Crippen LogP contribution in [-0.4, -0.2) is 17.4 Å². The number of carbonyl (C=O) groups excluding carboxylic acids is 2. The van der Waals surface area contributed by atoms with Crippen molar-refractivity contribution in [3.63, 3.8) is 0 Å². The highest BCUT2D eigenvalue weighted by molar-refractivity contribution is 5.99. The fourth-order valence-electron chi connectivity index (χ4n) is 1.98. The van der Waals surface area contributed by atoms with E-state index in [0.717, 1.165) is 16.8 Å². The van der Waals surface area contributed by atoms with Gasteiger partial charge in [0, 0.05) is 5.69 Å². The Balaban J connectivity index is 2.13. The number of benzene rings is 1. The molecule has 4 N–H and O–H groups in total. The third-order valence-electron chi connectivity index (χ3n) is 3.19. The second kappa shape index (κ2) is 4.66. The molecule has 1 aliphatic rings. The molecule has 1 aromatic carbocycles. The van der Waals surface area contributed by atoms with Crippen LogP contribution in [0.4, 0.5) is 5.69 Å². The lowest BCUT2D eigenvalue weighted by Crippen LogP contribution is -2.49. The highest BCUT2D eigenvalue weighted by Gasteiger charge is 2.24. The molecule has 0 aliphatic carbocycles. The highest BCUT2D eigenvalue weighted by atomic mass is 16.2. The van der Waals surface area contributed by atoms with E-state index in [0.29, 0.717) is 6.42 Å². The van der Waals surface area contributed by atoms with E-state index in [1.807, 2.05) is 25.1 Å². The molecule has 0 saturated carbocycles. The summed E-state index contributed by atoms with van der Waals surface area (Å²) in [6, 6.07) is 5.57. The first-order chi connectivity index (χ1) is 8.77. The molecule has 0 aromatic heterocycles. The zero-order valence-electron chi connectivity index (χ0n) is 11.4. The quantitative estimate of drug-likeness (QED) is 0.761. The van der Waals surface area contributed by atoms with E-state index in [-0.39, 0.29) is 17.9 Å². The number of amides is 2. The molecule has 1 heterocycles. The van der Waals surface area contributed by atoms with Crippen molar-refractivity contribution < 1.29 is 9.59 Å². The van der Waals surface area contributed by atoms with Crippen LogP contribution in [0.15, 0.2) is 18.2 Å². The summed E-state index contributed by atoms with van der Waals surface area (Å²) in [5.41, 5.74) is 7.63. The first-order valence-electron chi connectivity index (χ1n) is 6.30. The summed E-state index contributed by atoms with van der Waals surface area (Å²) < 4.78 is 0. The average molecular weight is 261 g/mol. The Labute approximate surface area is 112 Å². The SMILES string of the molecule is CC(NC(=O)C(C)(C)N)c1ccc2c(c1)CC(=O)N2. The van der Waals surface area contributed by atoms with Crippen LogP contribution in [0.3, 0.4) is 0 Å². The molecule has 5 heteroatoms. The molecule has 1 atom stereocenters. The molecule has 0 saturated heterocycles. The first-order valence-corrected chi connectivity index (χ1v) is 6.30. The summed E-state index contributed by atoms with van der Waals surface area (Å²) in [6.07, 6.45) is 0.395. The van der Waals surface area contributed by atoms with Gasteiger partial charge >= 0.3 is 0 Å². The van der Waals surface area contributed by atoms with Crippen LogP contribution < -0.4 is 16.4 Å². The van der Waals surface area contributed by atoms with Crippen LogP contribution in [0.5, 0.6) is 0 Å². The van der Waals surface area contributed by atoms with Crippen molar-refractivity contribution in [3.05, 3.63) is 29.3 Å². The van der Waals surface area contributed by atoms with Crippen LogP contribution >= 0.6 is 0 Å². The zero-order chi connectivity index (χ0) is 14.2. The fraction of sp³-hybridized carbons (Fsp3) is 0.429. The molecule has 0 fully saturated rings. The largest absolute Gasteiger partial charge is 0.348 e. The Morgan fingerprint density at radius 1 is 1.47 bits per heavy atom. The minimum absolute atomic E-state index is 0.00642. The van der Waals surface area contributed by atoms with Crippen molar-refractivity contribution in [2.45, 2.75) is 38.8 Å². The number of nitrogens with one attached hydrogen (secondary N) is 2. The summed E-state index contributed by atoms with van der Waals surface area (Å²) in [6.45, 7) is 5.23. The van der Waals surface area contributed by atoms with Crippen LogP contribution in [0.25, 0.3) is 0 Å². The van der Waals surface area contributed by atoms with Gasteiger partial charge in [-0.1, -0.05) is 12.1 Å². The third kappa shape index (κ3) is 2.93. The van der Waals surface area contributed by atoms with E-state index >= 15 is 0 Å². The van der Waals surface area contributed by atoms with Crippen LogP contribution in [0.2, 0.25) is 0 Å². The van der Waals surface area contributed by atoms with Crippen LogP contribution in [-0.2, 0) is 16.0 Å². The van der Waals surface area contributed by atoms with Crippen molar-refractivity contribution in [1.82, 2.24) is 5.32 Å². The predicted octanol–water partition coefficient (Wildman–Crippen LogP) is 1.10. The van der Waals surface area contributed by atoms with Gasteiger partial charge in [-0.3, -0.25) is 9.59 Å². The maximum absolute atomic E-state index is 11.8. The molecular formula is C14H19N3O2. The lowest BCUT2D eigenvalue weighted by Gasteiger charge is -2.22. The van der Waals surface area contributed by atoms with E-state index in [2.05, 4.69) is 10.6 Å². The van der Waals surface area contributed by atoms with Crippen LogP contribution in [0, 0.1) is 0 Å². The van der Waals surface area contributed by atoms with E-state index < -0.39 is 5.54 Å². The van der Waals surface area contributed by atoms with E-state index in [1.165, 1.54) is 0 Å². The van der Waals surface area contributed by atoms with Crippen molar-refractivity contribution in [1.29, 1.82) is 0 Å². The number of anilines is 1. The van der Waals surface area contributed by atoms with Crippen LogP contribution in [0.1, 0.15) is 37.9 Å². The number of fused-ring (bicyclic) bond motifs is 1. The van der Waals surface area contributed by atoms with Gasteiger partial charge in [-0.25, -0.2) is 0 Å². The number of hydrogen-bond acceptors (Lipinski definition) is 3. The Morgan fingerprint density at radius 3 is 2.79 bits per heavy atom. The van der Waals surface area contributed by atoms with E-state index in [9.17, 15) is 9.59 Å². The van der Waals surface area contributed by atoms with Crippen molar-refractivity contribution in [2.24, 2.45) is 5.73 Å². The third-order valence-corrected chi connectivity index (χ3v) is 3.19. The number of nitrogens with two attached hydrogens (primary N) is 1. The molecule has 0 radical (unpaired) electrons. The molecule has 2 amide bonds. The van der Waals surface area contributed by atoms with E-state index in [4.69, 9.17) is 5.73 Å². The molecule has 19 heavy (non-hydrogen) atoms. The van der Waals surface area contributed by atoms with Gasteiger partial charge < -0.3 is 16.4 Å². The van der Waals surface area contributed by atoms with Gasteiger partial charge in [-0.05, 0) is 38.0 Å². The Morgan fingerprint density at radius 2 is 2.16 bits per heavy atom. The molecule has 2 rings (SSSR count). The lowest BCUT2D eigenvalue weighted by atomic mass is 10.0. The van der Waals surface area contributed by atoms with Crippen molar-refractivity contribution >= 4 is 17.5 Å². The molecular weight excluding hydrogens is 242 g/mol. The van der Waals surface area contributed by atoms with Gasteiger partial charge in [-0.2, -0.15) is 0 Å². The molecule has 0 bridgehead atoms. The minimum atomic E-state index is -0.900. The molecule has 1 unspecified atom stereocenters. The van der Waals surface area contributed by atoms with Crippen molar-refractivity contribution in [3.8, 4) is 0 Å². The molecule has 0 spiro atoms. The number of rotatable bonds is 3. The average Bonchev–Trinajstić information content (AvgIpc) is 2.66. The van der Waals surface area contributed by atoms with Gasteiger partial charge in [0.25, 0.3) is 0 Å². The standard InChI is InChI=1S/C14H19N3O2/c1-8(16-13(19)14(2,3)15)9-4-5-11-10(6-9)7-12(18)17-11/h4-6,8H,7,15H2,1-3H3,(H,16,19)(H,17,18). The van der Waals surface area contributed by atoms with Gasteiger partial charge in [0.2, 0.25) is 11.8 Å². The van der Waals surface area contributed by atoms with Crippen molar-refractivity contribution in [2.75, 3.05) is 5.32 Å². The Bertz CT molecular complexity index is 532. The maximum atomic E-state index is 11.8. The normalized spacial score (nSPS) is 15.7. The summed E-state index contributed by atoms with van der Waals surface area (Å²) in [5, 5.41) is 5.65. The topological polar surface area (TPSA) is 84.2 Å². The fourth-order valence-corrected chi connectivity index (χ4v) is 1.98. The van der Waals surface area contributed by atoms with Gasteiger partial charge in [0.05, 0.1) is 18.0 Å². The molecule has 1 aliphatic heterocycles. The number of carbonyl (C=O) groups is 2. The summed E-state index contributed by atoms with van der Waals surface area (Å²) >= 11 is 0. The van der Waals surface area contributed by atoms with Gasteiger partial charge in [0.15, 0.2) is 0 Å². The molecule has 5 nitrogen and oxygen atoms in total. The maximum Gasteiger partial charge on any atom is 0.239 e. The van der Waals surface area contributed by atoms with E-state index in [1.54, 1.807) is 13.8 Å². The zero-order valence-corrected chi connectivity index (χ0v) is 11.4. The second-order valence-corrected chi connectivity index (χ2v) is 5.56. The Hall–Kier alpha value is -1.88. The highest BCUT2D eigenvalue weighted by Crippen LogP contribution is 2.26. The summed E-state index contributed by atoms with van der Waals surface area (Å²) in [7, 11) is 0. The minimum Gasteiger partial charge on any atom is -0.348 e. The monoisotopic (exact) mass is 261 g/mol. The molecule has 102 valence electrons. The molecule has 1 aromatic rings. The first kappa shape index (κ1) is 13.5. The summed E-state index contributed by atoms with van der Waals surface area (Å²) in [5.74, 6) is -0.193. The predicted molar refractivity (Wildman–Crippen MR) is 73.6 cm³/mol. The second-order valence-electron chi connectivity index (χ2n) is 5.56.